The molecule has 0 atom stereocenters. The van der Waals surface area contributed by atoms with E-state index in [1.165, 1.54) is 35.2 Å². The molecule has 0 aliphatic rings. The summed E-state index contributed by atoms with van der Waals surface area (Å²) in [6.07, 6.45) is 1.58. The van der Waals surface area contributed by atoms with Crippen LogP contribution in [0.25, 0.3) is 11.4 Å². The number of non-ortho nitro benzene ring substituents is 1. The maximum Gasteiger partial charge on any atom is 0.270 e. The molecule has 2 heterocycles. The van der Waals surface area contributed by atoms with Gasteiger partial charge in [0.15, 0.2) is 11.0 Å². The number of nitrogens with zero attached hydrogens (tertiary/aromatic N) is 5. The second-order valence-electron chi connectivity index (χ2n) is 5.27. The van der Waals surface area contributed by atoms with Gasteiger partial charge in [0.1, 0.15) is 0 Å². The van der Waals surface area contributed by atoms with Crippen LogP contribution >= 0.6 is 23.1 Å². The molecule has 0 fully saturated rings. The van der Waals surface area contributed by atoms with Gasteiger partial charge in [-0.15, -0.1) is 21.5 Å². The van der Waals surface area contributed by atoms with Gasteiger partial charge >= 0.3 is 0 Å². The molecule has 0 spiro atoms. The topological polar surface area (TPSA) is 115 Å². The lowest BCUT2D eigenvalue weighted by Crippen LogP contribution is -2.19. The normalized spacial score (nSPS) is 11.0. The number of nitro benzene ring substituents is 1. The highest BCUT2D eigenvalue weighted by Crippen LogP contribution is 2.25. The van der Waals surface area contributed by atoms with Gasteiger partial charge < -0.3 is 4.57 Å². The van der Waals surface area contributed by atoms with Crippen molar-refractivity contribution in [2.45, 2.75) is 5.16 Å². The zero-order valence-electron chi connectivity index (χ0n) is 14.1. The number of amides is 1. The first-order chi connectivity index (χ1) is 13.0. The predicted octanol–water partition coefficient (Wildman–Crippen LogP) is 2.69. The number of hydrazone groups is 1. The highest BCUT2D eigenvalue weighted by Gasteiger charge is 2.15. The van der Waals surface area contributed by atoms with E-state index in [0.717, 1.165) is 4.88 Å². The Bertz CT molecular complexity index is 984. The molecule has 1 amide bonds. The van der Waals surface area contributed by atoms with Crippen molar-refractivity contribution in [2.24, 2.45) is 12.1 Å². The molecular formula is C16H14N6O3S2. The van der Waals surface area contributed by atoms with Gasteiger partial charge in [-0.2, -0.15) is 5.10 Å². The van der Waals surface area contributed by atoms with E-state index in [9.17, 15) is 14.9 Å². The first-order valence-corrected chi connectivity index (χ1v) is 9.53. The maximum atomic E-state index is 11.9. The number of rotatable bonds is 7. The summed E-state index contributed by atoms with van der Waals surface area (Å²) in [5, 5.41) is 25.4. The van der Waals surface area contributed by atoms with Gasteiger partial charge in [-0.3, -0.25) is 14.9 Å². The van der Waals surface area contributed by atoms with Crippen molar-refractivity contribution >= 4 is 40.9 Å². The van der Waals surface area contributed by atoms with Crippen LogP contribution < -0.4 is 5.43 Å². The van der Waals surface area contributed by atoms with Gasteiger partial charge in [-0.05, 0) is 11.4 Å². The predicted molar refractivity (Wildman–Crippen MR) is 104 cm³/mol. The van der Waals surface area contributed by atoms with E-state index < -0.39 is 4.92 Å². The van der Waals surface area contributed by atoms with Gasteiger partial charge in [0.05, 0.1) is 16.9 Å². The van der Waals surface area contributed by atoms with Crippen molar-refractivity contribution < 1.29 is 9.72 Å². The van der Waals surface area contributed by atoms with Crippen molar-refractivity contribution in [2.75, 3.05) is 5.75 Å². The molecule has 0 aliphatic carbocycles. The Morgan fingerprint density at radius 2 is 2.26 bits per heavy atom. The van der Waals surface area contributed by atoms with Gasteiger partial charge in [0, 0.05) is 29.6 Å². The van der Waals surface area contributed by atoms with Crippen molar-refractivity contribution in [1.82, 2.24) is 20.2 Å². The maximum absolute atomic E-state index is 11.9. The Hall–Kier alpha value is -3.05. The summed E-state index contributed by atoms with van der Waals surface area (Å²) in [5.74, 6) is 0.327. The van der Waals surface area contributed by atoms with E-state index in [2.05, 4.69) is 20.7 Å². The van der Waals surface area contributed by atoms with E-state index in [1.807, 2.05) is 17.5 Å². The van der Waals surface area contributed by atoms with Gasteiger partial charge in [-0.1, -0.05) is 30.0 Å². The number of nitrogens with one attached hydrogen (secondary N) is 1. The van der Waals surface area contributed by atoms with Crippen molar-refractivity contribution in [1.29, 1.82) is 0 Å². The largest absolute Gasteiger partial charge is 0.305 e. The number of thiophene rings is 1. The number of benzene rings is 1. The number of carbonyl (C=O) groups is 1. The van der Waals surface area contributed by atoms with Crippen LogP contribution in [0.3, 0.4) is 0 Å². The van der Waals surface area contributed by atoms with Gasteiger partial charge in [-0.25, -0.2) is 5.43 Å². The number of carbonyl (C=O) groups excluding carboxylic acids is 1. The summed E-state index contributed by atoms with van der Waals surface area (Å²) in [6, 6.07) is 9.95. The smallest absolute Gasteiger partial charge is 0.270 e. The third-order valence-corrected chi connectivity index (χ3v) is 5.23. The highest BCUT2D eigenvalue weighted by molar-refractivity contribution is 7.99. The van der Waals surface area contributed by atoms with Crippen LogP contribution in [0, 0.1) is 10.1 Å². The lowest BCUT2D eigenvalue weighted by atomic mass is 10.2. The molecular weight excluding hydrogens is 388 g/mol. The summed E-state index contributed by atoms with van der Waals surface area (Å²) in [5.41, 5.74) is 3.01. The molecule has 0 unspecified atom stereocenters. The molecule has 138 valence electrons. The summed E-state index contributed by atoms with van der Waals surface area (Å²) in [4.78, 5) is 23.3. The van der Waals surface area contributed by atoms with E-state index in [1.54, 1.807) is 30.0 Å². The molecule has 9 nitrogen and oxygen atoms in total. The second kappa shape index (κ2) is 8.56. The van der Waals surface area contributed by atoms with Crippen LogP contribution in [0.2, 0.25) is 0 Å². The van der Waals surface area contributed by atoms with Crippen molar-refractivity contribution in [3.05, 3.63) is 56.8 Å². The molecule has 3 rings (SSSR count). The number of aromatic nitrogens is 3. The average Bonchev–Trinajstić information content (AvgIpc) is 3.30. The fraction of sp³-hybridized carbons (Fsp3) is 0.125. The number of hydrogen-bond acceptors (Lipinski definition) is 8. The molecule has 0 aliphatic heterocycles. The van der Waals surface area contributed by atoms with Crippen LogP contribution in [-0.2, 0) is 11.8 Å². The second-order valence-corrected chi connectivity index (χ2v) is 7.19. The van der Waals surface area contributed by atoms with Crippen LogP contribution in [0.1, 0.15) is 4.88 Å². The molecule has 27 heavy (non-hydrogen) atoms. The Kier molecular flexibility index (Phi) is 5.94. The third-order valence-electron chi connectivity index (χ3n) is 3.41. The minimum absolute atomic E-state index is 0.0207. The molecule has 1 N–H and O–H groups in total. The Labute approximate surface area is 162 Å². The third kappa shape index (κ3) is 4.77. The van der Waals surface area contributed by atoms with Crippen molar-refractivity contribution in [3.8, 4) is 11.4 Å². The lowest BCUT2D eigenvalue weighted by molar-refractivity contribution is -0.384. The number of hydrogen-bond donors (Lipinski definition) is 1. The average molecular weight is 402 g/mol. The van der Waals surface area contributed by atoms with E-state index >= 15 is 0 Å². The lowest BCUT2D eigenvalue weighted by Gasteiger charge is -2.03. The highest BCUT2D eigenvalue weighted by atomic mass is 32.2. The molecule has 0 bridgehead atoms. The minimum Gasteiger partial charge on any atom is -0.305 e. The van der Waals surface area contributed by atoms with Crippen LogP contribution in [-0.4, -0.2) is 37.6 Å². The van der Waals surface area contributed by atoms with E-state index in [-0.39, 0.29) is 17.3 Å². The van der Waals surface area contributed by atoms with E-state index in [0.29, 0.717) is 16.5 Å². The molecule has 0 saturated carbocycles. The summed E-state index contributed by atoms with van der Waals surface area (Å²) < 4.78 is 1.69. The van der Waals surface area contributed by atoms with E-state index in [4.69, 9.17) is 0 Å². The van der Waals surface area contributed by atoms with Crippen molar-refractivity contribution in [3.63, 3.8) is 0 Å². The molecule has 2 aromatic heterocycles. The van der Waals surface area contributed by atoms with Gasteiger partial charge in [0.25, 0.3) is 11.6 Å². The van der Waals surface area contributed by atoms with Crippen LogP contribution in [0.4, 0.5) is 5.69 Å². The minimum atomic E-state index is -0.462. The summed E-state index contributed by atoms with van der Waals surface area (Å²) >= 11 is 2.72. The molecule has 0 saturated heterocycles. The molecule has 11 heteroatoms. The Morgan fingerprint density at radius 1 is 1.41 bits per heavy atom. The van der Waals surface area contributed by atoms with Gasteiger partial charge in [0.2, 0.25) is 0 Å². The molecule has 3 aromatic rings. The fourth-order valence-electron chi connectivity index (χ4n) is 2.15. The monoisotopic (exact) mass is 402 g/mol. The SMILES string of the molecule is Cn1c(SCC(=O)N/N=C/c2cccs2)nnc1-c1cccc([N+](=O)[O-])c1. The number of nitro groups is 1. The zero-order chi connectivity index (χ0) is 19.2. The Balaban J connectivity index is 1.61. The standard InChI is InChI=1S/C16H14N6O3S2/c1-21-15(11-4-2-5-12(8-11)22(24)25)19-20-16(21)27-10-14(23)18-17-9-13-6-3-7-26-13/h2-9H,10H2,1H3,(H,18,23)/b17-9+. The summed E-state index contributed by atoms with van der Waals surface area (Å²) in [6.45, 7) is 0. The van der Waals surface area contributed by atoms with Crippen LogP contribution in [0.5, 0.6) is 0 Å². The molecule has 1 aromatic carbocycles. The Morgan fingerprint density at radius 3 is 3.00 bits per heavy atom. The first kappa shape index (κ1) is 18.7. The number of thioether (sulfide) groups is 1. The first-order valence-electron chi connectivity index (χ1n) is 7.67. The quantitative estimate of drug-likeness (QED) is 0.281. The zero-order valence-corrected chi connectivity index (χ0v) is 15.7. The fourth-order valence-corrected chi connectivity index (χ4v) is 3.43. The summed E-state index contributed by atoms with van der Waals surface area (Å²) in [7, 11) is 1.74. The van der Waals surface area contributed by atoms with Crippen LogP contribution in [0.15, 0.2) is 52.0 Å². The molecule has 0 radical (unpaired) electrons.